The number of aromatic nitrogens is 4. The van der Waals surface area contributed by atoms with Crippen LogP contribution in [0.4, 0.5) is 0 Å². The third kappa shape index (κ3) is 2.25. The number of hydrogen-bond donors (Lipinski definition) is 1. The van der Waals surface area contributed by atoms with E-state index in [1.54, 1.807) is 17.8 Å². The summed E-state index contributed by atoms with van der Waals surface area (Å²) in [5, 5.41) is 12.5. The number of nitrogens with one attached hydrogen (secondary N) is 1. The second-order valence-corrected chi connectivity index (χ2v) is 5.38. The van der Waals surface area contributed by atoms with E-state index in [2.05, 4.69) is 15.5 Å². The molecule has 0 amide bonds. The molecular formula is C13H16ClN5O. The molecule has 0 saturated heterocycles. The molecule has 2 aromatic rings. The average Bonchev–Trinajstić information content (AvgIpc) is 2.66. The highest BCUT2D eigenvalue weighted by molar-refractivity contribution is 6.30. The Labute approximate surface area is 121 Å². The molecule has 0 spiro atoms. The summed E-state index contributed by atoms with van der Waals surface area (Å²) >= 11 is 6.21. The fourth-order valence-electron chi connectivity index (χ4n) is 2.48. The van der Waals surface area contributed by atoms with Gasteiger partial charge in [0, 0.05) is 38.2 Å². The molecule has 3 rings (SSSR count). The first-order valence-corrected chi connectivity index (χ1v) is 6.92. The molecule has 0 aromatic carbocycles. The van der Waals surface area contributed by atoms with E-state index in [0.29, 0.717) is 18.2 Å². The number of fused-ring (bicyclic) bond motifs is 1. The molecule has 0 fully saturated rings. The van der Waals surface area contributed by atoms with Crippen LogP contribution in [0.3, 0.4) is 0 Å². The van der Waals surface area contributed by atoms with E-state index in [1.165, 1.54) is 4.68 Å². The monoisotopic (exact) mass is 293 g/mol. The lowest BCUT2D eigenvalue weighted by Crippen LogP contribution is -2.32. The lowest BCUT2D eigenvalue weighted by Gasteiger charge is -2.17. The number of rotatable bonds is 2. The third-order valence-corrected chi connectivity index (χ3v) is 4.07. The zero-order valence-electron chi connectivity index (χ0n) is 11.5. The predicted octanol–water partition coefficient (Wildman–Crippen LogP) is 0.633. The number of hydrogen-bond acceptors (Lipinski definition) is 4. The van der Waals surface area contributed by atoms with Gasteiger partial charge in [-0.1, -0.05) is 11.6 Å². The number of aryl methyl sites for hydroxylation is 2. The molecule has 6 nitrogen and oxygen atoms in total. The number of nitrogens with zero attached hydrogens (tertiary/aromatic N) is 4. The van der Waals surface area contributed by atoms with E-state index in [0.717, 1.165) is 35.5 Å². The predicted molar refractivity (Wildman–Crippen MR) is 76.0 cm³/mol. The zero-order valence-corrected chi connectivity index (χ0v) is 12.2. The molecular weight excluding hydrogens is 278 g/mol. The molecule has 2 aromatic heterocycles. The zero-order chi connectivity index (χ0) is 14.3. The van der Waals surface area contributed by atoms with Gasteiger partial charge < -0.3 is 5.32 Å². The van der Waals surface area contributed by atoms with Crippen LogP contribution in [0.2, 0.25) is 5.15 Å². The van der Waals surface area contributed by atoms with Crippen molar-refractivity contribution < 1.29 is 0 Å². The van der Waals surface area contributed by atoms with Crippen molar-refractivity contribution in [2.75, 3.05) is 6.54 Å². The van der Waals surface area contributed by atoms with E-state index >= 15 is 0 Å². The van der Waals surface area contributed by atoms with E-state index in [9.17, 15) is 4.79 Å². The SMILES string of the molecule is Cc1nn(C)c(Cl)c1Cn1nc2c(cc1=O)CNCC2. The van der Waals surface area contributed by atoms with Crippen molar-refractivity contribution in [2.24, 2.45) is 7.05 Å². The standard InChI is InChI=1S/C13H16ClN5O/c1-8-10(13(14)18(2)16-8)7-19-12(20)5-9-6-15-4-3-11(9)17-19/h5,15H,3-4,6-7H2,1-2H3. The van der Waals surface area contributed by atoms with Crippen molar-refractivity contribution in [3.05, 3.63) is 44.1 Å². The van der Waals surface area contributed by atoms with Gasteiger partial charge in [0.15, 0.2) is 0 Å². The molecule has 3 heterocycles. The number of halogens is 1. The highest BCUT2D eigenvalue weighted by atomic mass is 35.5. The van der Waals surface area contributed by atoms with Gasteiger partial charge >= 0.3 is 0 Å². The Balaban J connectivity index is 2.00. The topological polar surface area (TPSA) is 64.7 Å². The Morgan fingerprint density at radius 3 is 2.95 bits per heavy atom. The van der Waals surface area contributed by atoms with E-state index in [-0.39, 0.29) is 5.56 Å². The van der Waals surface area contributed by atoms with Crippen molar-refractivity contribution in [2.45, 2.75) is 26.4 Å². The Bertz CT molecular complexity index is 718. The van der Waals surface area contributed by atoms with Crippen LogP contribution in [0.15, 0.2) is 10.9 Å². The molecule has 0 saturated carbocycles. The van der Waals surface area contributed by atoms with Crippen LogP contribution >= 0.6 is 11.6 Å². The second kappa shape index (κ2) is 5.03. The van der Waals surface area contributed by atoms with Crippen LogP contribution in [0.1, 0.15) is 22.5 Å². The quantitative estimate of drug-likeness (QED) is 0.882. The maximum absolute atomic E-state index is 12.1. The molecule has 0 bridgehead atoms. The molecule has 1 aliphatic heterocycles. The first-order chi connectivity index (χ1) is 9.56. The fraction of sp³-hybridized carbons (Fsp3) is 0.462. The van der Waals surface area contributed by atoms with Crippen LogP contribution in [-0.4, -0.2) is 26.1 Å². The molecule has 7 heteroatoms. The Kier molecular flexibility index (Phi) is 3.35. The first kappa shape index (κ1) is 13.3. The summed E-state index contributed by atoms with van der Waals surface area (Å²) in [5.74, 6) is 0. The average molecular weight is 294 g/mol. The first-order valence-electron chi connectivity index (χ1n) is 6.55. The second-order valence-electron chi connectivity index (χ2n) is 5.02. The van der Waals surface area contributed by atoms with Gasteiger partial charge in [-0.3, -0.25) is 9.48 Å². The van der Waals surface area contributed by atoms with Gasteiger partial charge in [0.2, 0.25) is 0 Å². The van der Waals surface area contributed by atoms with E-state index < -0.39 is 0 Å². The molecule has 0 atom stereocenters. The highest BCUT2D eigenvalue weighted by Crippen LogP contribution is 2.19. The van der Waals surface area contributed by atoms with Crippen LogP contribution < -0.4 is 10.9 Å². The van der Waals surface area contributed by atoms with Gasteiger partial charge in [-0.05, 0) is 12.5 Å². The maximum atomic E-state index is 12.1. The summed E-state index contributed by atoms with van der Waals surface area (Å²) in [4.78, 5) is 12.1. The van der Waals surface area contributed by atoms with Crippen LogP contribution in [0.25, 0.3) is 0 Å². The molecule has 0 aliphatic carbocycles. The molecule has 106 valence electrons. The molecule has 1 aliphatic rings. The minimum absolute atomic E-state index is 0.105. The van der Waals surface area contributed by atoms with Gasteiger partial charge in [0.25, 0.3) is 5.56 Å². The van der Waals surface area contributed by atoms with Crippen molar-refractivity contribution in [1.82, 2.24) is 24.9 Å². The maximum Gasteiger partial charge on any atom is 0.267 e. The van der Waals surface area contributed by atoms with Gasteiger partial charge in [0.1, 0.15) is 5.15 Å². The van der Waals surface area contributed by atoms with Gasteiger partial charge in [0.05, 0.1) is 17.9 Å². The normalized spacial score (nSPS) is 14.3. The lowest BCUT2D eigenvalue weighted by atomic mass is 10.1. The van der Waals surface area contributed by atoms with Crippen molar-refractivity contribution in [3.8, 4) is 0 Å². The summed E-state index contributed by atoms with van der Waals surface area (Å²) in [5.41, 5.74) is 3.54. The van der Waals surface area contributed by atoms with Crippen molar-refractivity contribution >= 4 is 11.6 Å². The van der Waals surface area contributed by atoms with Gasteiger partial charge in [-0.15, -0.1) is 0 Å². The summed E-state index contributed by atoms with van der Waals surface area (Å²) in [6.45, 7) is 3.85. The Morgan fingerprint density at radius 1 is 1.45 bits per heavy atom. The Morgan fingerprint density at radius 2 is 2.25 bits per heavy atom. The summed E-state index contributed by atoms with van der Waals surface area (Å²) in [7, 11) is 1.79. The van der Waals surface area contributed by atoms with Crippen LogP contribution in [0, 0.1) is 6.92 Å². The van der Waals surface area contributed by atoms with Gasteiger partial charge in [-0.25, -0.2) is 4.68 Å². The smallest absolute Gasteiger partial charge is 0.267 e. The van der Waals surface area contributed by atoms with Gasteiger partial charge in [-0.2, -0.15) is 10.2 Å². The minimum Gasteiger partial charge on any atom is -0.312 e. The Hall–Kier alpha value is -1.66. The fourth-order valence-corrected chi connectivity index (χ4v) is 2.71. The van der Waals surface area contributed by atoms with E-state index in [4.69, 9.17) is 11.6 Å². The summed E-state index contributed by atoms with van der Waals surface area (Å²) < 4.78 is 3.08. The molecule has 20 heavy (non-hydrogen) atoms. The molecule has 1 N–H and O–H groups in total. The summed E-state index contributed by atoms with van der Waals surface area (Å²) in [6.07, 6.45) is 0.843. The van der Waals surface area contributed by atoms with Crippen LogP contribution in [-0.2, 0) is 26.6 Å². The largest absolute Gasteiger partial charge is 0.312 e. The highest BCUT2D eigenvalue weighted by Gasteiger charge is 2.16. The van der Waals surface area contributed by atoms with Crippen molar-refractivity contribution in [1.29, 1.82) is 0 Å². The molecule has 0 unspecified atom stereocenters. The summed E-state index contributed by atoms with van der Waals surface area (Å²) in [6, 6.07) is 1.66. The van der Waals surface area contributed by atoms with E-state index in [1.807, 2.05) is 6.92 Å². The lowest BCUT2D eigenvalue weighted by molar-refractivity contribution is 0.562. The molecule has 0 radical (unpaired) electrons. The third-order valence-electron chi connectivity index (χ3n) is 3.60. The van der Waals surface area contributed by atoms with Crippen molar-refractivity contribution in [3.63, 3.8) is 0 Å². The van der Waals surface area contributed by atoms with Crippen LogP contribution in [0.5, 0.6) is 0 Å². The minimum atomic E-state index is -0.105.